The van der Waals surface area contributed by atoms with E-state index in [4.69, 9.17) is 16.6 Å². The number of aryl methyl sites for hydroxylation is 2. The lowest BCUT2D eigenvalue weighted by Gasteiger charge is -2.10. The van der Waals surface area contributed by atoms with Crippen LogP contribution in [0.1, 0.15) is 16.7 Å². The Morgan fingerprint density at radius 2 is 2.11 bits per heavy atom. The second kappa shape index (κ2) is 6.96. The van der Waals surface area contributed by atoms with Gasteiger partial charge in [-0.1, -0.05) is 29.5 Å². The fraction of sp³-hybridized carbons (Fsp3) is 0.200. The predicted octanol–water partition coefficient (Wildman–Crippen LogP) is 3.95. The van der Waals surface area contributed by atoms with Crippen LogP contribution in [0.4, 0.5) is 0 Å². The van der Waals surface area contributed by atoms with Gasteiger partial charge in [-0.15, -0.1) is 6.58 Å². The molecule has 0 amide bonds. The molecule has 0 N–H and O–H groups in total. The maximum atomic E-state index is 13.0. The lowest BCUT2D eigenvalue weighted by molar-refractivity contribution is 0.554. The minimum atomic E-state index is -0.439. The first-order valence-corrected chi connectivity index (χ1v) is 9.85. The van der Waals surface area contributed by atoms with E-state index in [0.717, 1.165) is 16.5 Å². The van der Waals surface area contributed by atoms with Crippen LogP contribution in [0.5, 0.6) is 0 Å². The molecule has 0 radical (unpaired) electrons. The van der Waals surface area contributed by atoms with Crippen LogP contribution in [-0.2, 0) is 13.1 Å². The molecule has 3 heterocycles. The van der Waals surface area contributed by atoms with Gasteiger partial charge in [-0.05, 0) is 42.8 Å². The summed E-state index contributed by atoms with van der Waals surface area (Å²) in [5, 5.41) is 0.812. The van der Waals surface area contributed by atoms with Gasteiger partial charge >= 0.3 is 5.63 Å². The SMILES string of the molecule is C=CCn1c(=S)sc2c(=O)n(Cc3cc(=O)oc4c(C)c(C)ccc34)cnc21. The highest BCUT2D eigenvalue weighted by molar-refractivity contribution is 7.73. The second-order valence-corrected chi connectivity index (χ2v) is 8.22. The van der Waals surface area contributed by atoms with Gasteiger partial charge in [-0.3, -0.25) is 9.36 Å². The maximum Gasteiger partial charge on any atom is 0.336 e. The van der Waals surface area contributed by atoms with E-state index in [1.807, 2.05) is 26.0 Å². The van der Waals surface area contributed by atoms with Crippen LogP contribution in [0.2, 0.25) is 0 Å². The Morgan fingerprint density at radius 1 is 1.32 bits per heavy atom. The Hall–Kier alpha value is -2.84. The molecule has 0 saturated carbocycles. The van der Waals surface area contributed by atoms with Gasteiger partial charge in [-0.2, -0.15) is 0 Å². The van der Waals surface area contributed by atoms with Crippen LogP contribution in [0.3, 0.4) is 0 Å². The van der Waals surface area contributed by atoms with E-state index in [0.29, 0.717) is 32.0 Å². The fourth-order valence-corrected chi connectivity index (χ4v) is 4.53. The minimum Gasteiger partial charge on any atom is -0.422 e. The molecule has 0 fully saturated rings. The van der Waals surface area contributed by atoms with Gasteiger partial charge in [-0.25, -0.2) is 9.78 Å². The molecule has 0 unspecified atom stereocenters. The Balaban J connectivity index is 1.90. The van der Waals surface area contributed by atoms with Crippen molar-refractivity contribution in [3.8, 4) is 0 Å². The van der Waals surface area contributed by atoms with E-state index in [9.17, 15) is 9.59 Å². The smallest absolute Gasteiger partial charge is 0.336 e. The maximum absolute atomic E-state index is 13.0. The van der Waals surface area contributed by atoms with E-state index < -0.39 is 5.63 Å². The molecule has 3 aromatic heterocycles. The van der Waals surface area contributed by atoms with Gasteiger partial charge in [0.2, 0.25) is 0 Å². The summed E-state index contributed by atoms with van der Waals surface area (Å²) in [7, 11) is 0. The standard InChI is InChI=1S/C20H17N3O3S2/c1-4-7-23-18-17(28-20(23)27)19(25)22(10-21-18)9-13-8-15(24)26-16-12(3)11(2)5-6-14(13)16/h4-6,8,10H,1,7,9H2,2-3H3. The molecule has 0 aliphatic carbocycles. The highest BCUT2D eigenvalue weighted by atomic mass is 32.1. The van der Waals surface area contributed by atoms with Crippen molar-refractivity contribution in [2.24, 2.45) is 0 Å². The van der Waals surface area contributed by atoms with Crippen LogP contribution in [0.15, 0.2) is 51.2 Å². The van der Waals surface area contributed by atoms with Crippen molar-refractivity contribution in [3.05, 3.63) is 78.6 Å². The van der Waals surface area contributed by atoms with E-state index >= 15 is 0 Å². The fourth-order valence-electron chi connectivity index (χ4n) is 3.21. The molecule has 1 aromatic carbocycles. The van der Waals surface area contributed by atoms with E-state index in [1.54, 1.807) is 10.6 Å². The first-order chi connectivity index (χ1) is 13.4. The van der Waals surface area contributed by atoms with Gasteiger partial charge in [0.1, 0.15) is 16.6 Å². The van der Waals surface area contributed by atoms with Gasteiger partial charge < -0.3 is 8.98 Å². The summed E-state index contributed by atoms with van der Waals surface area (Å²) in [6.45, 7) is 8.32. The Kier molecular flexibility index (Phi) is 4.60. The minimum absolute atomic E-state index is 0.186. The van der Waals surface area contributed by atoms with Gasteiger partial charge in [0.25, 0.3) is 5.56 Å². The number of allylic oxidation sites excluding steroid dienone is 1. The van der Waals surface area contributed by atoms with E-state index in [2.05, 4.69) is 11.6 Å². The van der Waals surface area contributed by atoms with Crippen LogP contribution in [0.25, 0.3) is 21.3 Å². The number of rotatable bonds is 4. The number of fused-ring (bicyclic) bond motifs is 2. The predicted molar refractivity (Wildman–Crippen MR) is 114 cm³/mol. The number of aromatic nitrogens is 3. The van der Waals surface area contributed by atoms with Gasteiger partial charge in [0.15, 0.2) is 9.60 Å². The van der Waals surface area contributed by atoms with Crippen molar-refractivity contribution in [3.63, 3.8) is 0 Å². The number of hydrogen-bond acceptors (Lipinski definition) is 6. The zero-order valence-corrected chi connectivity index (χ0v) is 17.0. The summed E-state index contributed by atoms with van der Waals surface area (Å²) in [5.74, 6) is 0. The monoisotopic (exact) mass is 411 g/mol. The summed E-state index contributed by atoms with van der Waals surface area (Å²) >= 11 is 6.58. The summed E-state index contributed by atoms with van der Waals surface area (Å²) in [5.41, 5.74) is 3.15. The van der Waals surface area contributed by atoms with Crippen molar-refractivity contribution in [1.82, 2.24) is 14.1 Å². The topological polar surface area (TPSA) is 70.0 Å². The zero-order valence-electron chi connectivity index (χ0n) is 15.4. The van der Waals surface area contributed by atoms with Crippen LogP contribution in [0, 0.1) is 17.8 Å². The molecule has 0 bridgehead atoms. The Bertz CT molecular complexity index is 1420. The molecule has 8 heteroatoms. The largest absolute Gasteiger partial charge is 0.422 e. The number of nitrogens with zero attached hydrogens (tertiary/aromatic N) is 3. The third kappa shape index (κ3) is 2.94. The van der Waals surface area contributed by atoms with Crippen LogP contribution < -0.4 is 11.2 Å². The van der Waals surface area contributed by atoms with E-state index in [1.165, 1.54) is 28.3 Å². The number of benzene rings is 1. The highest BCUT2D eigenvalue weighted by Crippen LogP contribution is 2.24. The summed E-state index contributed by atoms with van der Waals surface area (Å²) in [6, 6.07) is 5.32. The van der Waals surface area contributed by atoms with Gasteiger partial charge in [0, 0.05) is 18.0 Å². The number of hydrogen-bond donors (Lipinski definition) is 0. The first-order valence-electron chi connectivity index (χ1n) is 8.63. The zero-order chi connectivity index (χ0) is 20.0. The molecular formula is C20H17N3O3S2. The second-order valence-electron chi connectivity index (χ2n) is 6.57. The molecule has 0 aliphatic rings. The Labute approximate surface area is 169 Å². The molecule has 0 atom stereocenters. The third-order valence-corrected chi connectivity index (χ3v) is 6.24. The van der Waals surface area contributed by atoms with Crippen LogP contribution >= 0.6 is 23.6 Å². The average molecular weight is 412 g/mol. The molecule has 4 rings (SSSR count). The molecule has 4 aromatic rings. The van der Waals surface area contributed by atoms with Crippen molar-refractivity contribution in [1.29, 1.82) is 0 Å². The van der Waals surface area contributed by atoms with Crippen molar-refractivity contribution in [2.45, 2.75) is 26.9 Å². The average Bonchev–Trinajstić information content (AvgIpc) is 2.98. The summed E-state index contributed by atoms with van der Waals surface area (Å²) in [6.07, 6.45) is 3.21. The number of thiazole rings is 1. The molecule has 0 spiro atoms. The third-order valence-electron chi connectivity index (χ3n) is 4.81. The lowest BCUT2D eigenvalue weighted by atomic mass is 10.0. The quantitative estimate of drug-likeness (QED) is 0.289. The molecule has 0 aliphatic heterocycles. The van der Waals surface area contributed by atoms with E-state index in [-0.39, 0.29) is 12.1 Å². The molecule has 6 nitrogen and oxygen atoms in total. The van der Waals surface area contributed by atoms with Crippen LogP contribution in [-0.4, -0.2) is 14.1 Å². The van der Waals surface area contributed by atoms with Crippen molar-refractivity contribution in [2.75, 3.05) is 0 Å². The van der Waals surface area contributed by atoms with Crippen molar-refractivity contribution >= 4 is 44.9 Å². The van der Waals surface area contributed by atoms with Crippen molar-refractivity contribution < 1.29 is 4.42 Å². The van der Waals surface area contributed by atoms with Gasteiger partial charge in [0.05, 0.1) is 6.54 Å². The summed E-state index contributed by atoms with van der Waals surface area (Å²) in [4.78, 5) is 29.5. The first kappa shape index (κ1) is 18.5. The molecular weight excluding hydrogens is 394 g/mol. The molecule has 142 valence electrons. The lowest BCUT2D eigenvalue weighted by Crippen LogP contribution is -2.21. The highest BCUT2D eigenvalue weighted by Gasteiger charge is 2.14. The molecule has 0 saturated heterocycles. The summed E-state index contributed by atoms with van der Waals surface area (Å²) < 4.78 is 9.77. The normalized spacial score (nSPS) is 11.4. The Morgan fingerprint density at radius 3 is 2.86 bits per heavy atom. The molecule has 28 heavy (non-hydrogen) atoms.